The Labute approximate surface area is 182 Å². The van der Waals surface area contributed by atoms with E-state index in [1.165, 1.54) is 11.3 Å². The number of pyridine rings is 1. The SMILES string of the molecule is COc1cc2ncc3c(c(-c4ccc(C#N)cc4)nn3C)c2cc1OCc1cscn1. The van der Waals surface area contributed by atoms with Gasteiger partial charge in [0.2, 0.25) is 0 Å². The summed E-state index contributed by atoms with van der Waals surface area (Å²) in [7, 11) is 3.51. The van der Waals surface area contributed by atoms with E-state index in [4.69, 9.17) is 19.8 Å². The van der Waals surface area contributed by atoms with Gasteiger partial charge in [-0.3, -0.25) is 9.67 Å². The van der Waals surface area contributed by atoms with E-state index in [0.717, 1.165) is 38.8 Å². The number of aryl methyl sites for hydroxylation is 1. The van der Waals surface area contributed by atoms with Crippen molar-refractivity contribution in [3.05, 3.63) is 64.7 Å². The molecule has 2 aromatic carbocycles. The van der Waals surface area contributed by atoms with Gasteiger partial charge < -0.3 is 9.47 Å². The lowest BCUT2D eigenvalue weighted by atomic mass is 10.0. The van der Waals surface area contributed by atoms with Crippen molar-refractivity contribution in [2.45, 2.75) is 6.61 Å². The van der Waals surface area contributed by atoms with Gasteiger partial charge in [0.05, 0.1) is 47.2 Å². The molecule has 0 saturated heterocycles. The highest BCUT2D eigenvalue weighted by molar-refractivity contribution is 7.07. The summed E-state index contributed by atoms with van der Waals surface area (Å²) in [6.45, 7) is 0.351. The van der Waals surface area contributed by atoms with Crippen LogP contribution in [-0.2, 0) is 13.7 Å². The molecule has 0 N–H and O–H groups in total. The third-order valence-electron chi connectivity index (χ3n) is 5.12. The molecule has 8 heteroatoms. The van der Waals surface area contributed by atoms with Gasteiger partial charge in [0, 0.05) is 34.8 Å². The van der Waals surface area contributed by atoms with Crippen LogP contribution in [0.2, 0.25) is 0 Å². The van der Waals surface area contributed by atoms with Crippen molar-refractivity contribution in [3.8, 4) is 28.8 Å². The predicted octanol–water partition coefficient (Wildman–Crippen LogP) is 4.70. The second-order valence-electron chi connectivity index (χ2n) is 6.97. The minimum absolute atomic E-state index is 0.351. The first-order valence-electron chi connectivity index (χ1n) is 9.52. The molecule has 0 radical (unpaired) electrons. The smallest absolute Gasteiger partial charge is 0.162 e. The van der Waals surface area contributed by atoms with Gasteiger partial charge in [-0.1, -0.05) is 12.1 Å². The minimum Gasteiger partial charge on any atom is -0.493 e. The van der Waals surface area contributed by atoms with Gasteiger partial charge in [-0.25, -0.2) is 4.98 Å². The summed E-state index contributed by atoms with van der Waals surface area (Å²) in [6.07, 6.45) is 1.81. The zero-order chi connectivity index (χ0) is 21.4. The van der Waals surface area contributed by atoms with E-state index in [2.05, 4.69) is 16.0 Å². The Morgan fingerprint density at radius 2 is 1.97 bits per heavy atom. The molecule has 0 aliphatic carbocycles. The lowest BCUT2D eigenvalue weighted by Gasteiger charge is -2.12. The van der Waals surface area contributed by atoms with Crippen molar-refractivity contribution in [3.63, 3.8) is 0 Å². The number of methoxy groups -OCH3 is 1. The molecule has 0 bridgehead atoms. The van der Waals surface area contributed by atoms with Crippen LogP contribution in [0.25, 0.3) is 33.1 Å². The molecular formula is C23H17N5O2S. The maximum atomic E-state index is 9.11. The number of benzene rings is 2. The maximum absolute atomic E-state index is 9.11. The predicted molar refractivity (Wildman–Crippen MR) is 119 cm³/mol. The van der Waals surface area contributed by atoms with Crippen LogP contribution in [0.15, 0.2) is 53.5 Å². The second-order valence-corrected chi connectivity index (χ2v) is 7.69. The molecule has 0 aliphatic rings. The number of aromatic nitrogens is 4. The molecule has 0 amide bonds. The van der Waals surface area contributed by atoms with Gasteiger partial charge in [-0.05, 0) is 18.2 Å². The van der Waals surface area contributed by atoms with E-state index < -0.39 is 0 Å². The third kappa shape index (κ3) is 3.35. The monoisotopic (exact) mass is 427 g/mol. The Morgan fingerprint density at radius 3 is 2.68 bits per heavy atom. The van der Waals surface area contributed by atoms with Gasteiger partial charge in [0.1, 0.15) is 12.3 Å². The van der Waals surface area contributed by atoms with Crippen LogP contribution in [-0.4, -0.2) is 26.9 Å². The largest absolute Gasteiger partial charge is 0.493 e. The van der Waals surface area contributed by atoms with Crippen molar-refractivity contribution in [1.29, 1.82) is 5.26 Å². The first-order chi connectivity index (χ1) is 15.2. The molecule has 152 valence electrons. The molecular weight excluding hydrogens is 410 g/mol. The third-order valence-corrected chi connectivity index (χ3v) is 5.75. The van der Waals surface area contributed by atoms with E-state index in [9.17, 15) is 0 Å². The molecule has 0 unspecified atom stereocenters. The summed E-state index contributed by atoms with van der Waals surface area (Å²) in [4.78, 5) is 8.89. The zero-order valence-electron chi connectivity index (χ0n) is 16.9. The first kappa shape index (κ1) is 19.0. The normalized spacial score (nSPS) is 11.0. The highest BCUT2D eigenvalue weighted by Crippen LogP contribution is 2.38. The summed E-state index contributed by atoms with van der Waals surface area (Å²) in [5.74, 6) is 1.23. The quantitative estimate of drug-likeness (QED) is 0.404. The molecule has 5 rings (SSSR count). The number of hydrogen-bond donors (Lipinski definition) is 0. The molecule has 0 spiro atoms. The minimum atomic E-state index is 0.351. The standard InChI is InChI=1S/C23H17N5O2S/c1-28-19-10-25-18-8-20(29-2)21(30-11-16-12-31-13-26-16)7-17(18)22(19)23(27-28)15-5-3-14(9-24)4-6-15/h3-8,10,12-13H,11H2,1-2H3. The number of thiazole rings is 1. The molecule has 5 aromatic rings. The van der Waals surface area contributed by atoms with Crippen molar-refractivity contribution in [2.24, 2.45) is 7.05 Å². The van der Waals surface area contributed by atoms with Crippen molar-refractivity contribution >= 4 is 33.1 Å². The number of rotatable bonds is 5. The van der Waals surface area contributed by atoms with Gasteiger partial charge in [0.25, 0.3) is 0 Å². The Kier molecular flexibility index (Phi) is 4.73. The average molecular weight is 427 g/mol. The second kappa shape index (κ2) is 7.70. The average Bonchev–Trinajstić information content (AvgIpc) is 3.45. The maximum Gasteiger partial charge on any atom is 0.162 e. The highest BCUT2D eigenvalue weighted by atomic mass is 32.1. The highest BCUT2D eigenvalue weighted by Gasteiger charge is 2.17. The van der Waals surface area contributed by atoms with Crippen molar-refractivity contribution < 1.29 is 9.47 Å². The number of ether oxygens (including phenoxy) is 2. The molecule has 0 fully saturated rings. The summed E-state index contributed by atoms with van der Waals surface area (Å²) >= 11 is 1.53. The summed E-state index contributed by atoms with van der Waals surface area (Å²) in [5.41, 5.74) is 6.70. The van der Waals surface area contributed by atoms with Crippen molar-refractivity contribution in [2.75, 3.05) is 7.11 Å². The van der Waals surface area contributed by atoms with E-state index in [-0.39, 0.29) is 0 Å². The molecule has 7 nitrogen and oxygen atoms in total. The molecule has 0 aliphatic heterocycles. The van der Waals surface area contributed by atoms with Crippen LogP contribution in [0.3, 0.4) is 0 Å². The van der Waals surface area contributed by atoms with Gasteiger partial charge >= 0.3 is 0 Å². The van der Waals surface area contributed by atoms with Crippen LogP contribution in [0.4, 0.5) is 0 Å². The Bertz CT molecular complexity index is 1430. The summed E-state index contributed by atoms with van der Waals surface area (Å²) in [5, 5.41) is 17.7. The Hall–Kier alpha value is -3.96. The van der Waals surface area contributed by atoms with Crippen LogP contribution in [0, 0.1) is 11.3 Å². The summed E-state index contributed by atoms with van der Waals surface area (Å²) in [6, 6.07) is 13.4. The Morgan fingerprint density at radius 1 is 1.13 bits per heavy atom. The van der Waals surface area contributed by atoms with E-state index in [0.29, 0.717) is 23.7 Å². The zero-order valence-corrected chi connectivity index (χ0v) is 17.7. The first-order valence-corrected chi connectivity index (χ1v) is 10.5. The number of hydrogen-bond acceptors (Lipinski definition) is 7. The van der Waals surface area contributed by atoms with Gasteiger partial charge in [-0.2, -0.15) is 10.4 Å². The van der Waals surface area contributed by atoms with Crippen LogP contribution >= 0.6 is 11.3 Å². The fourth-order valence-electron chi connectivity index (χ4n) is 3.58. The van der Waals surface area contributed by atoms with Crippen LogP contribution < -0.4 is 9.47 Å². The Balaban J connectivity index is 1.70. The topological polar surface area (TPSA) is 85.8 Å². The number of nitriles is 1. The lowest BCUT2D eigenvalue weighted by molar-refractivity contribution is 0.282. The molecule has 0 atom stereocenters. The lowest BCUT2D eigenvalue weighted by Crippen LogP contribution is -1.98. The molecule has 3 heterocycles. The number of nitrogens with zero attached hydrogens (tertiary/aromatic N) is 5. The van der Waals surface area contributed by atoms with E-state index in [1.54, 1.807) is 24.8 Å². The molecule has 3 aromatic heterocycles. The van der Waals surface area contributed by atoms with Crippen molar-refractivity contribution in [1.82, 2.24) is 19.7 Å². The molecule has 31 heavy (non-hydrogen) atoms. The fraction of sp³-hybridized carbons (Fsp3) is 0.130. The van der Waals surface area contributed by atoms with Gasteiger partial charge in [0.15, 0.2) is 11.5 Å². The van der Waals surface area contributed by atoms with E-state index >= 15 is 0 Å². The number of fused-ring (bicyclic) bond motifs is 3. The summed E-state index contributed by atoms with van der Waals surface area (Å²) < 4.78 is 13.4. The van der Waals surface area contributed by atoms with E-state index in [1.807, 2.05) is 47.6 Å². The van der Waals surface area contributed by atoms with Crippen LogP contribution in [0.1, 0.15) is 11.3 Å². The molecule has 0 saturated carbocycles. The fourth-order valence-corrected chi connectivity index (χ4v) is 4.12. The van der Waals surface area contributed by atoms with Crippen LogP contribution in [0.5, 0.6) is 11.5 Å². The van der Waals surface area contributed by atoms with Gasteiger partial charge in [-0.15, -0.1) is 11.3 Å².